The molecule has 1 aromatic heterocycles. The molecule has 1 N–H and O–H groups in total. The van der Waals surface area contributed by atoms with Crippen LogP contribution in [0.3, 0.4) is 0 Å². The van der Waals surface area contributed by atoms with E-state index in [2.05, 4.69) is 11.4 Å². The van der Waals surface area contributed by atoms with Gasteiger partial charge in [0.1, 0.15) is 28.9 Å². The first-order valence-corrected chi connectivity index (χ1v) is 11.3. The Morgan fingerprint density at radius 2 is 1.39 bits per heavy atom. The third kappa shape index (κ3) is 5.48. The first-order valence-electron chi connectivity index (χ1n) is 11.3. The first kappa shape index (κ1) is 25.5. The lowest BCUT2D eigenvalue weighted by Gasteiger charge is -2.06. The third-order valence-corrected chi connectivity index (χ3v) is 5.59. The van der Waals surface area contributed by atoms with Crippen molar-refractivity contribution in [2.75, 3.05) is 26.1 Å². The summed E-state index contributed by atoms with van der Waals surface area (Å²) in [7, 11) is 3.11. The van der Waals surface area contributed by atoms with Crippen LogP contribution in [0.5, 0.6) is 11.5 Å². The Balaban J connectivity index is 1.62. The highest BCUT2D eigenvalue weighted by Gasteiger charge is 2.25. The van der Waals surface area contributed by atoms with E-state index in [1.807, 2.05) is 6.07 Å². The zero-order chi connectivity index (χ0) is 27.1. The molecular weight excluding hydrogens is 486 g/mol. The van der Waals surface area contributed by atoms with Gasteiger partial charge in [0.05, 0.1) is 31.4 Å². The van der Waals surface area contributed by atoms with E-state index in [0.29, 0.717) is 39.5 Å². The van der Waals surface area contributed by atoms with E-state index < -0.39 is 18.5 Å². The minimum Gasteiger partial charge on any atom is -0.497 e. The van der Waals surface area contributed by atoms with E-state index in [9.17, 15) is 14.9 Å². The van der Waals surface area contributed by atoms with E-state index in [4.69, 9.17) is 23.9 Å². The van der Waals surface area contributed by atoms with Crippen molar-refractivity contribution in [1.29, 1.82) is 10.5 Å². The van der Waals surface area contributed by atoms with Crippen LogP contribution in [-0.2, 0) is 9.53 Å². The number of nitrogens with zero attached hydrogens (tertiary/aromatic N) is 2. The van der Waals surface area contributed by atoms with E-state index in [1.54, 1.807) is 62.8 Å². The summed E-state index contributed by atoms with van der Waals surface area (Å²) in [6, 6.07) is 24.0. The van der Waals surface area contributed by atoms with Gasteiger partial charge in [0.15, 0.2) is 6.61 Å². The lowest BCUT2D eigenvalue weighted by Crippen LogP contribution is -2.21. The summed E-state index contributed by atoms with van der Waals surface area (Å²) in [5.74, 6) is 0.133. The van der Waals surface area contributed by atoms with E-state index >= 15 is 0 Å². The minimum absolute atomic E-state index is 0.0800. The van der Waals surface area contributed by atoms with Gasteiger partial charge in [-0.05, 0) is 66.2 Å². The maximum absolute atomic E-state index is 12.6. The Kier molecular flexibility index (Phi) is 7.71. The molecule has 9 heteroatoms. The van der Waals surface area contributed by atoms with E-state index in [-0.39, 0.29) is 17.0 Å². The van der Waals surface area contributed by atoms with Crippen LogP contribution in [-0.4, -0.2) is 32.7 Å². The maximum Gasteiger partial charge on any atom is 0.338 e. The van der Waals surface area contributed by atoms with Crippen molar-refractivity contribution >= 4 is 17.8 Å². The van der Waals surface area contributed by atoms with Crippen molar-refractivity contribution in [3.8, 4) is 46.1 Å². The quantitative estimate of drug-likeness (QED) is 0.323. The molecule has 0 unspecified atom stereocenters. The number of amides is 1. The molecule has 3 aromatic carbocycles. The van der Waals surface area contributed by atoms with Gasteiger partial charge in [-0.3, -0.25) is 10.1 Å². The number of nitriles is 2. The Bertz CT molecular complexity index is 1540. The molecule has 4 rings (SSSR count). The highest BCUT2D eigenvalue weighted by molar-refractivity contribution is 5.98. The van der Waals surface area contributed by atoms with Crippen LogP contribution in [0.4, 0.5) is 5.88 Å². The fourth-order valence-electron chi connectivity index (χ4n) is 3.66. The molecule has 4 aromatic rings. The zero-order valence-corrected chi connectivity index (χ0v) is 20.5. The number of methoxy groups -OCH3 is 2. The van der Waals surface area contributed by atoms with Crippen molar-refractivity contribution in [2.45, 2.75) is 0 Å². The summed E-state index contributed by atoms with van der Waals surface area (Å²) >= 11 is 0. The summed E-state index contributed by atoms with van der Waals surface area (Å²) in [4.78, 5) is 24.9. The van der Waals surface area contributed by atoms with Crippen LogP contribution >= 0.6 is 0 Å². The van der Waals surface area contributed by atoms with Crippen LogP contribution < -0.4 is 14.8 Å². The highest BCUT2D eigenvalue weighted by atomic mass is 16.5. The van der Waals surface area contributed by atoms with Crippen LogP contribution in [0.2, 0.25) is 0 Å². The average molecular weight is 508 g/mol. The standard InChI is InChI=1S/C29H21N3O6/c1-35-22-11-7-19(8-12-22)26-24(16-31)28(38-27(26)20-9-13-23(36-2)14-10-20)32-25(33)17-37-29(34)21-5-3-18(15-30)4-6-21/h3-14H,17H2,1-2H3,(H,32,33). The summed E-state index contributed by atoms with van der Waals surface area (Å²) < 4.78 is 21.5. The van der Waals surface area contributed by atoms with Gasteiger partial charge in [-0.1, -0.05) is 12.1 Å². The molecule has 0 fully saturated rings. The molecule has 0 radical (unpaired) electrons. The van der Waals surface area contributed by atoms with Gasteiger partial charge in [-0.15, -0.1) is 0 Å². The topological polar surface area (TPSA) is 135 Å². The molecular formula is C29H21N3O6. The SMILES string of the molecule is COc1ccc(-c2oc(NC(=O)COC(=O)c3ccc(C#N)cc3)c(C#N)c2-c2ccc(OC)cc2)cc1. The minimum atomic E-state index is -0.734. The lowest BCUT2D eigenvalue weighted by atomic mass is 9.98. The largest absolute Gasteiger partial charge is 0.497 e. The molecule has 0 aliphatic carbocycles. The number of rotatable bonds is 8. The summed E-state index contributed by atoms with van der Waals surface area (Å²) in [5, 5.41) is 21.4. The number of esters is 1. The average Bonchev–Trinajstić information content (AvgIpc) is 3.33. The predicted octanol–water partition coefficient (Wildman–Crippen LogP) is 5.17. The molecule has 188 valence electrons. The Labute approximate surface area is 218 Å². The van der Waals surface area contributed by atoms with Crippen molar-refractivity contribution in [3.05, 3.63) is 89.5 Å². The third-order valence-electron chi connectivity index (χ3n) is 5.59. The van der Waals surface area contributed by atoms with Crippen molar-refractivity contribution in [2.24, 2.45) is 0 Å². The van der Waals surface area contributed by atoms with Crippen LogP contribution in [0, 0.1) is 22.7 Å². The molecule has 0 atom stereocenters. The molecule has 9 nitrogen and oxygen atoms in total. The van der Waals surface area contributed by atoms with Crippen molar-refractivity contribution < 1.29 is 28.2 Å². The fraction of sp³-hybridized carbons (Fsp3) is 0.103. The summed E-state index contributed by atoms with van der Waals surface area (Å²) in [5.41, 5.74) is 2.49. The van der Waals surface area contributed by atoms with Crippen LogP contribution in [0.25, 0.3) is 22.5 Å². The smallest absolute Gasteiger partial charge is 0.338 e. The van der Waals surface area contributed by atoms with Crippen LogP contribution in [0.1, 0.15) is 21.5 Å². The maximum atomic E-state index is 12.6. The number of furan rings is 1. The second-order valence-electron chi connectivity index (χ2n) is 7.89. The van der Waals surface area contributed by atoms with E-state index in [0.717, 1.165) is 0 Å². The molecule has 0 bridgehead atoms. The van der Waals surface area contributed by atoms with Crippen molar-refractivity contribution in [3.63, 3.8) is 0 Å². The molecule has 0 spiro atoms. The molecule has 0 saturated heterocycles. The number of ether oxygens (including phenoxy) is 3. The van der Waals surface area contributed by atoms with Gasteiger partial charge in [0.25, 0.3) is 5.91 Å². The highest BCUT2D eigenvalue weighted by Crippen LogP contribution is 2.42. The zero-order valence-electron chi connectivity index (χ0n) is 20.5. The Morgan fingerprint density at radius 3 is 1.92 bits per heavy atom. The second kappa shape index (κ2) is 11.5. The molecule has 0 aliphatic heterocycles. The number of carbonyl (C=O) groups excluding carboxylic acids is 2. The van der Waals surface area contributed by atoms with E-state index in [1.165, 1.54) is 24.3 Å². The number of anilines is 1. The Morgan fingerprint density at radius 1 is 0.816 bits per heavy atom. The molecule has 0 aliphatic rings. The molecule has 1 amide bonds. The Hall–Kier alpha value is -5.54. The fourth-order valence-corrected chi connectivity index (χ4v) is 3.66. The van der Waals surface area contributed by atoms with Gasteiger partial charge in [-0.2, -0.15) is 10.5 Å². The van der Waals surface area contributed by atoms with Gasteiger partial charge in [0, 0.05) is 11.1 Å². The lowest BCUT2D eigenvalue weighted by molar-refractivity contribution is -0.119. The summed E-state index contributed by atoms with van der Waals surface area (Å²) in [6.07, 6.45) is 0. The van der Waals surface area contributed by atoms with Gasteiger partial charge in [0.2, 0.25) is 5.88 Å². The first-order chi connectivity index (χ1) is 18.5. The van der Waals surface area contributed by atoms with Gasteiger partial charge < -0.3 is 18.6 Å². The number of nitrogens with one attached hydrogen (secondary N) is 1. The monoisotopic (exact) mass is 507 g/mol. The van der Waals surface area contributed by atoms with Crippen LogP contribution in [0.15, 0.2) is 77.2 Å². The molecule has 38 heavy (non-hydrogen) atoms. The number of carbonyl (C=O) groups is 2. The van der Waals surface area contributed by atoms with Gasteiger partial charge >= 0.3 is 5.97 Å². The number of hydrogen-bond acceptors (Lipinski definition) is 8. The molecule has 0 saturated carbocycles. The molecule has 1 heterocycles. The van der Waals surface area contributed by atoms with Gasteiger partial charge in [-0.25, -0.2) is 4.79 Å². The summed E-state index contributed by atoms with van der Waals surface area (Å²) in [6.45, 7) is -0.611. The predicted molar refractivity (Wildman–Crippen MR) is 137 cm³/mol. The normalized spacial score (nSPS) is 10.1. The number of hydrogen-bond donors (Lipinski definition) is 1. The number of benzene rings is 3. The van der Waals surface area contributed by atoms with Crippen molar-refractivity contribution in [1.82, 2.24) is 0 Å². The second-order valence-corrected chi connectivity index (χ2v) is 7.89.